The van der Waals surface area contributed by atoms with E-state index >= 15 is 0 Å². The van der Waals surface area contributed by atoms with Crippen molar-refractivity contribution in [2.75, 3.05) is 33.9 Å². The first kappa shape index (κ1) is 29.5. The minimum atomic E-state index is -0.665. The van der Waals surface area contributed by atoms with Crippen molar-refractivity contribution in [2.45, 2.75) is 84.7 Å². The molecule has 8 heteroatoms. The average molecular weight is 504 g/mol. The maximum Gasteiger partial charge on any atom is 0.255 e. The van der Waals surface area contributed by atoms with E-state index in [0.717, 1.165) is 19.3 Å². The van der Waals surface area contributed by atoms with Crippen LogP contribution in [-0.2, 0) is 9.59 Å². The number of carbonyl (C=O) groups is 3. The molecule has 1 saturated heterocycles. The highest BCUT2D eigenvalue weighted by Crippen LogP contribution is 2.25. The molecule has 8 nitrogen and oxygen atoms in total. The summed E-state index contributed by atoms with van der Waals surface area (Å²) in [5.41, 5.74) is 0.349. The molecule has 0 spiro atoms. The molecule has 1 aromatic carbocycles. The number of hydrogen-bond donors (Lipinski definition) is 1. The van der Waals surface area contributed by atoms with Crippen LogP contribution in [0, 0.1) is 5.92 Å². The minimum Gasteiger partial charge on any atom is -0.497 e. The Hall–Kier alpha value is -2.77. The molecule has 3 amide bonds. The number of hydrogen-bond acceptors (Lipinski definition) is 5. The summed E-state index contributed by atoms with van der Waals surface area (Å²) in [5, 5.41) is 2.96. The van der Waals surface area contributed by atoms with Gasteiger partial charge >= 0.3 is 0 Å². The number of carbonyl (C=O) groups excluding carboxylic acids is 3. The molecule has 0 aromatic heterocycles. The van der Waals surface area contributed by atoms with Gasteiger partial charge in [0.05, 0.1) is 19.8 Å². The summed E-state index contributed by atoms with van der Waals surface area (Å²) in [5.74, 6) is 0.619. The zero-order valence-corrected chi connectivity index (χ0v) is 23.0. The fourth-order valence-electron chi connectivity index (χ4n) is 4.64. The zero-order valence-electron chi connectivity index (χ0n) is 23.0. The lowest BCUT2D eigenvalue weighted by Crippen LogP contribution is -2.60. The van der Waals surface area contributed by atoms with Crippen LogP contribution in [0.25, 0.3) is 0 Å². The third kappa shape index (κ3) is 7.87. The van der Waals surface area contributed by atoms with Crippen LogP contribution in [0.2, 0.25) is 0 Å². The normalized spacial score (nSPS) is 17.3. The molecular weight excluding hydrogens is 458 g/mol. The molecule has 0 saturated carbocycles. The maximum absolute atomic E-state index is 13.6. The number of amides is 3. The van der Waals surface area contributed by atoms with Crippen molar-refractivity contribution in [1.82, 2.24) is 15.1 Å². The number of piperazine rings is 1. The van der Waals surface area contributed by atoms with Gasteiger partial charge in [-0.25, -0.2) is 0 Å². The van der Waals surface area contributed by atoms with Crippen LogP contribution in [0.1, 0.15) is 83.0 Å². The van der Waals surface area contributed by atoms with Crippen molar-refractivity contribution in [2.24, 2.45) is 5.92 Å². The molecule has 1 N–H and O–H groups in total. The van der Waals surface area contributed by atoms with Crippen LogP contribution in [0.4, 0.5) is 0 Å². The summed E-state index contributed by atoms with van der Waals surface area (Å²) in [7, 11) is 3.05. The Morgan fingerprint density at radius 3 is 2.39 bits per heavy atom. The Morgan fingerprint density at radius 2 is 1.78 bits per heavy atom. The minimum absolute atomic E-state index is 0.0521. The molecule has 1 aliphatic heterocycles. The van der Waals surface area contributed by atoms with Crippen molar-refractivity contribution in [3.8, 4) is 11.5 Å². The average Bonchev–Trinajstić information content (AvgIpc) is 2.89. The van der Waals surface area contributed by atoms with E-state index in [0.29, 0.717) is 43.1 Å². The Balaban J connectivity index is 2.03. The van der Waals surface area contributed by atoms with Gasteiger partial charge in [-0.15, -0.1) is 0 Å². The lowest BCUT2D eigenvalue weighted by Gasteiger charge is -2.41. The largest absolute Gasteiger partial charge is 0.497 e. The molecule has 1 fully saturated rings. The van der Waals surface area contributed by atoms with Crippen LogP contribution in [-0.4, -0.2) is 73.5 Å². The van der Waals surface area contributed by atoms with Crippen molar-refractivity contribution < 1.29 is 23.9 Å². The quantitative estimate of drug-likeness (QED) is 0.406. The van der Waals surface area contributed by atoms with Gasteiger partial charge in [-0.2, -0.15) is 0 Å². The van der Waals surface area contributed by atoms with Gasteiger partial charge in [0.25, 0.3) is 5.91 Å². The monoisotopic (exact) mass is 503 g/mol. The van der Waals surface area contributed by atoms with Gasteiger partial charge in [-0.05, 0) is 31.4 Å². The Morgan fingerprint density at radius 1 is 1.06 bits per heavy atom. The third-order valence-electron chi connectivity index (χ3n) is 7.17. The highest BCUT2D eigenvalue weighted by atomic mass is 16.5. The number of ether oxygens (including phenoxy) is 2. The van der Waals surface area contributed by atoms with E-state index in [1.807, 2.05) is 25.7 Å². The second-order valence-corrected chi connectivity index (χ2v) is 9.79. The van der Waals surface area contributed by atoms with E-state index in [9.17, 15) is 14.4 Å². The van der Waals surface area contributed by atoms with Crippen LogP contribution in [0.15, 0.2) is 18.2 Å². The highest BCUT2D eigenvalue weighted by molar-refractivity contribution is 6.00. The van der Waals surface area contributed by atoms with Crippen molar-refractivity contribution in [3.05, 3.63) is 23.8 Å². The number of benzene rings is 1. The van der Waals surface area contributed by atoms with E-state index in [-0.39, 0.29) is 29.7 Å². The van der Waals surface area contributed by atoms with Gasteiger partial charge in [0.1, 0.15) is 17.5 Å². The second-order valence-electron chi connectivity index (χ2n) is 9.79. The lowest BCUT2D eigenvalue weighted by atomic mass is 9.96. The molecule has 0 aliphatic carbocycles. The van der Waals surface area contributed by atoms with Crippen molar-refractivity contribution >= 4 is 17.7 Å². The Bertz CT molecular complexity index is 875. The molecule has 1 heterocycles. The highest BCUT2D eigenvalue weighted by Gasteiger charge is 2.35. The lowest BCUT2D eigenvalue weighted by molar-refractivity contribution is -0.144. The summed E-state index contributed by atoms with van der Waals surface area (Å²) in [6.07, 6.45) is 6.88. The SMILES string of the molecule is CCCCCCCC(=O)N1CCN(C(=O)C(NC(=O)c2ccc(OC)cc2OC)C(C)CC)CC1C. The van der Waals surface area contributed by atoms with Crippen LogP contribution in [0.5, 0.6) is 11.5 Å². The number of rotatable bonds is 13. The molecule has 1 aliphatic rings. The molecule has 0 bridgehead atoms. The standard InChI is InChI=1S/C28H45N3O5/c1-7-9-10-11-12-13-25(32)31-17-16-30(19-21(31)4)28(34)26(20(3)8-2)29-27(33)23-15-14-22(35-5)18-24(23)36-6/h14-15,18,20-21,26H,7-13,16-17,19H2,1-6H3,(H,29,33). The predicted molar refractivity (Wildman–Crippen MR) is 141 cm³/mol. The molecule has 36 heavy (non-hydrogen) atoms. The predicted octanol–water partition coefficient (Wildman–Crippen LogP) is 4.27. The second kappa shape index (κ2) is 14.7. The van der Waals surface area contributed by atoms with Crippen molar-refractivity contribution in [1.29, 1.82) is 0 Å². The Labute approximate surface area is 216 Å². The van der Waals surface area contributed by atoms with Gasteiger partial charge < -0.3 is 24.6 Å². The smallest absolute Gasteiger partial charge is 0.255 e. The van der Waals surface area contributed by atoms with E-state index in [2.05, 4.69) is 12.2 Å². The first-order chi connectivity index (χ1) is 17.3. The molecule has 3 unspecified atom stereocenters. The summed E-state index contributed by atoms with van der Waals surface area (Å²) in [6.45, 7) is 9.61. The molecular formula is C28H45N3O5. The molecule has 202 valence electrons. The number of nitrogens with zero attached hydrogens (tertiary/aromatic N) is 2. The Kier molecular flexibility index (Phi) is 12.0. The van der Waals surface area contributed by atoms with Gasteiger partial charge in [0, 0.05) is 38.2 Å². The number of methoxy groups -OCH3 is 2. The van der Waals surface area contributed by atoms with E-state index in [4.69, 9.17) is 9.47 Å². The van der Waals surface area contributed by atoms with Gasteiger partial charge in [0.2, 0.25) is 11.8 Å². The first-order valence-corrected chi connectivity index (χ1v) is 13.4. The van der Waals surface area contributed by atoms with Crippen LogP contribution in [0.3, 0.4) is 0 Å². The van der Waals surface area contributed by atoms with E-state index in [1.165, 1.54) is 26.4 Å². The van der Waals surface area contributed by atoms with Crippen LogP contribution >= 0.6 is 0 Å². The fraction of sp³-hybridized carbons (Fsp3) is 0.679. The fourth-order valence-corrected chi connectivity index (χ4v) is 4.64. The number of nitrogens with one attached hydrogen (secondary N) is 1. The summed E-state index contributed by atoms with van der Waals surface area (Å²) in [6, 6.07) is 4.26. The summed E-state index contributed by atoms with van der Waals surface area (Å²) < 4.78 is 10.6. The van der Waals surface area contributed by atoms with E-state index in [1.54, 1.807) is 30.2 Å². The van der Waals surface area contributed by atoms with Crippen molar-refractivity contribution in [3.63, 3.8) is 0 Å². The van der Waals surface area contributed by atoms with Gasteiger partial charge in [-0.3, -0.25) is 14.4 Å². The summed E-state index contributed by atoms with van der Waals surface area (Å²) in [4.78, 5) is 43.2. The van der Waals surface area contributed by atoms with E-state index < -0.39 is 6.04 Å². The molecule has 2 rings (SSSR count). The molecule has 3 atom stereocenters. The molecule has 0 radical (unpaired) electrons. The first-order valence-electron chi connectivity index (χ1n) is 13.4. The van der Waals surface area contributed by atoms with Gasteiger partial charge in [-0.1, -0.05) is 52.9 Å². The van der Waals surface area contributed by atoms with Crippen LogP contribution < -0.4 is 14.8 Å². The maximum atomic E-state index is 13.6. The zero-order chi connectivity index (χ0) is 26.7. The summed E-state index contributed by atoms with van der Waals surface area (Å²) >= 11 is 0. The third-order valence-corrected chi connectivity index (χ3v) is 7.17. The molecule has 1 aromatic rings. The van der Waals surface area contributed by atoms with Gasteiger partial charge in [0.15, 0.2) is 0 Å². The number of unbranched alkanes of at least 4 members (excludes halogenated alkanes) is 4. The topological polar surface area (TPSA) is 88.2 Å².